The molecule has 392 valence electrons. The van der Waals surface area contributed by atoms with E-state index < -0.39 is 58.5 Å². The van der Waals surface area contributed by atoms with Crippen molar-refractivity contribution in [2.24, 2.45) is 33.1 Å². The van der Waals surface area contributed by atoms with Gasteiger partial charge in [-0.2, -0.15) is 26.3 Å². The van der Waals surface area contributed by atoms with Crippen molar-refractivity contribution < 1.29 is 45.5 Å². The molecular weight excluding hydrogens is 973 g/mol. The number of carbonyl (C=O) groups excluding carboxylic acids is 4. The number of nitrogens with zero attached hydrogens (tertiary/aromatic N) is 4. The van der Waals surface area contributed by atoms with Gasteiger partial charge in [0.2, 0.25) is 11.8 Å². The Balaban J connectivity index is 1.98. The Hall–Kier alpha value is -5.58. The molecule has 0 bridgehead atoms. The van der Waals surface area contributed by atoms with Crippen molar-refractivity contribution in [3.05, 3.63) is 59.2 Å². The molecule has 15 nitrogen and oxygen atoms in total. The number of nitrogens with one attached hydrogen (secondary N) is 4. The standard InChI is InChI=1S/C48H67F6N11O4S2/c1-5-8-10-16-22-70-41-33(62-39(66)18-12-14-20-58-43(55)30(4)7-3)24-31(47(49,50)51)26-35(41)64-44(68)37-28-38(61-29-60-37)45(69)65-36-27-32(48(52,53)54)25-34(42(36)71-23-17-11-9-6-2)63-40(67)19-13-15-21-59-46(56)57/h24-30H,5-23H2,1-4H3,(H2,55,58)(H,62,66)(H,63,67)(H,64,68)(H,65,69)(H4,56,57,59). The van der Waals surface area contributed by atoms with Gasteiger partial charge in [-0.15, -0.1) is 23.5 Å². The first-order chi connectivity index (χ1) is 33.7. The number of amidine groups is 1. The van der Waals surface area contributed by atoms with E-state index in [1.54, 1.807) is 0 Å². The summed E-state index contributed by atoms with van der Waals surface area (Å²) in [6, 6.07) is 4.02. The molecule has 1 heterocycles. The number of anilines is 4. The second-order valence-electron chi connectivity index (χ2n) is 16.7. The van der Waals surface area contributed by atoms with Crippen LogP contribution >= 0.6 is 23.5 Å². The predicted molar refractivity (Wildman–Crippen MR) is 272 cm³/mol. The zero-order valence-corrected chi connectivity index (χ0v) is 42.3. The zero-order chi connectivity index (χ0) is 52.6. The maximum Gasteiger partial charge on any atom is 0.416 e. The van der Waals surface area contributed by atoms with Crippen LogP contribution in [0.15, 0.2) is 56.4 Å². The number of guanidine groups is 1. The number of alkyl halides is 6. The number of unbranched alkanes of at least 4 members (excludes halogenated alkanes) is 8. The average Bonchev–Trinajstić information content (AvgIpc) is 3.31. The van der Waals surface area contributed by atoms with Gasteiger partial charge in [0.15, 0.2) is 5.96 Å². The maximum absolute atomic E-state index is 14.4. The van der Waals surface area contributed by atoms with Crippen LogP contribution in [-0.2, 0) is 21.9 Å². The Morgan fingerprint density at radius 1 is 0.577 bits per heavy atom. The molecule has 0 aliphatic carbocycles. The van der Waals surface area contributed by atoms with Gasteiger partial charge >= 0.3 is 12.4 Å². The van der Waals surface area contributed by atoms with Gasteiger partial charge in [-0.05, 0) is 80.7 Å². The fourth-order valence-corrected chi connectivity index (χ4v) is 8.82. The average molecular weight is 1040 g/mol. The Morgan fingerprint density at radius 3 is 1.37 bits per heavy atom. The first-order valence-electron chi connectivity index (χ1n) is 23.8. The number of aromatic nitrogens is 2. The van der Waals surface area contributed by atoms with E-state index in [2.05, 4.69) is 41.2 Å². The molecule has 0 aliphatic rings. The van der Waals surface area contributed by atoms with E-state index in [1.807, 2.05) is 27.7 Å². The molecule has 0 saturated carbocycles. The van der Waals surface area contributed by atoms with E-state index in [-0.39, 0.29) is 63.8 Å². The molecule has 71 heavy (non-hydrogen) atoms. The third-order valence-corrected chi connectivity index (χ3v) is 13.3. The highest BCUT2D eigenvalue weighted by Gasteiger charge is 2.35. The minimum absolute atomic E-state index is 0.0263. The second-order valence-corrected chi connectivity index (χ2v) is 19.0. The minimum atomic E-state index is -4.90. The van der Waals surface area contributed by atoms with Crippen LogP contribution in [0.5, 0.6) is 0 Å². The summed E-state index contributed by atoms with van der Waals surface area (Å²) >= 11 is 2.29. The van der Waals surface area contributed by atoms with Crippen LogP contribution in [0.25, 0.3) is 0 Å². The fourth-order valence-electron chi connectivity index (χ4n) is 6.65. The number of hydrogen-bond acceptors (Lipinski definition) is 10. The SMILES string of the molecule is CCCCCCSc1c(NC(=O)CCCCN=C(N)N)cc(C(F)(F)F)cc1NC(=O)c1cc(C(=O)Nc2cc(C(F)(F)F)cc(NC(=O)CCCCN=C(N)C(C)CC)c2SCCCCCC)ncn1. The molecule has 3 rings (SSSR count). The van der Waals surface area contributed by atoms with Gasteiger partial charge in [-0.25, -0.2) is 9.97 Å². The van der Waals surface area contributed by atoms with Crippen LogP contribution in [0, 0.1) is 5.92 Å². The lowest BCUT2D eigenvalue weighted by Crippen LogP contribution is -2.23. The highest BCUT2D eigenvalue weighted by atomic mass is 32.2. The third kappa shape index (κ3) is 21.4. The largest absolute Gasteiger partial charge is 0.416 e. The molecule has 23 heteroatoms. The van der Waals surface area contributed by atoms with Crippen molar-refractivity contribution in [3.8, 4) is 0 Å². The van der Waals surface area contributed by atoms with Gasteiger partial charge in [0.05, 0.1) is 49.5 Å². The van der Waals surface area contributed by atoms with E-state index >= 15 is 0 Å². The van der Waals surface area contributed by atoms with Gasteiger partial charge in [-0.1, -0.05) is 66.2 Å². The molecule has 1 atom stereocenters. The molecule has 2 aromatic carbocycles. The van der Waals surface area contributed by atoms with Crippen LogP contribution < -0.4 is 38.5 Å². The lowest BCUT2D eigenvalue weighted by Gasteiger charge is -2.20. The van der Waals surface area contributed by atoms with Gasteiger partial charge in [0.25, 0.3) is 11.8 Å². The number of aliphatic imine (C=N–C) groups is 2. The molecule has 0 spiro atoms. The van der Waals surface area contributed by atoms with Crippen LogP contribution in [0.2, 0.25) is 0 Å². The van der Waals surface area contributed by atoms with E-state index in [4.69, 9.17) is 17.2 Å². The van der Waals surface area contributed by atoms with Crippen molar-refractivity contribution in [3.63, 3.8) is 0 Å². The quantitative estimate of drug-likeness (QED) is 0.0109. The molecular formula is C48H67F6N11O4S2. The lowest BCUT2D eigenvalue weighted by atomic mass is 10.1. The van der Waals surface area contributed by atoms with Crippen LogP contribution in [0.4, 0.5) is 49.1 Å². The lowest BCUT2D eigenvalue weighted by molar-refractivity contribution is -0.138. The van der Waals surface area contributed by atoms with Crippen molar-refractivity contribution >= 4 is 81.7 Å². The molecule has 0 radical (unpaired) electrons. The van der Waals surface area contributed by atoms with Crippen molar-refractivity contribution in [1.82, 2.24) is 9.97 Å². The van der Waals surface area contributed by atoms with E-state index in [0.29, 0.717) is 62.4 Å². The molecule has 4 amide bonds. The summed E-state index contributed by atoms with van der Waals surface area (Å²) in [7, 11) is 0. The van der Waals surface area contributed by atoms with Crippen molar-refractivity contribution in [2.45, 2.75) is 146 Å². The van der Waals surface area contributed by atoms with Crippen LogP contribution in [0.3, 0.4) is 0 Å². The highest BCUT2D eigenvalue weighted by Crippen LogP contribution is 2.43. The Morgan fingerprint density at radius 2 is 0.986 bits per heavy atom. The first-order valence-corrected chi connectivity index (χ1v) is 25.8. The molecule has 10 N–H and O–H groups in total. The number of benzene rings is 2. The molecule has 0 saturated heterocycles. The summed E-state index contributed by atoms with van der Waals surface area (Å²) in [6.45, 7) is 8.61. The second kappa shape index (κ2) is 30.3. The monoisotopic (exact) mass is 1040 g/mol. The summed E-state index contributed by atoms with van der Waals surface area (Å²) in [5.41, 5.74) is 12.5. The maximum atomic E-state index is 14.4. The number of rotatable bonds is 30. The van der Waals surface area contributed by atoms with Gasteiger partial charge in [0, 0.05) is 37.9 Å². The number of carbonyl (C=O) groups is 4. The summed E-state index contributed by atoms with van der Waals surface area (Å²) in [4.78, 5) is 70.4. The third-order valence-electron chi connectivity index (χ3n) is 10.8. The number of nitrogens with two attached hydrogens (primary N) is 3. The topological polar surface area (TPSA) is 245 Å². The van der Waals surface area contributed by atoms with Gasteiger partial charge < -0.3 is 38.5 Å². The van der Waals surface area contributed by atoms with E-state index in [0.717, 1.165) is 105 Å². The van der Waals surface area contributed by atoms with E-state index in [9.17, 15) is 45.5 Å². The Kier molecular flexibility index (Phi) is 25.5. The number of halogens is 6. The van der Waals surface area contributed by atoms with Gasteiger partial charge in [-0.3, -0.25) is 29.2 Å². The van der Waals surface area contributed by atoms with Crippen molar-refractivity contribution in [2.75, 3.05) is 45.9 Å². The Bertz CT molecular complexity index is 2290. The first kappa shape index (κ1) is 59.7. The predicted octanol–water partition coefficient (Wildman–Crippen LogP) is 11.3. The summed E-state index contributed by atoms with van der Waals surface area (Å²) < 4.78 is 86.4. The highest BCUT2D eigenvalue weighted by molar-refractivity contribution is 7.99. The summed E-state index contributed by atoms with van der Waals surface area (Å²) in [5.74, 6) is -1.88. The number of thioether (sulfide) groups is 2. The minimum Gasteiger partial charge on any atom is -0.387 e. The molecule has 0 fully saturated rings. The van der Waals surface area contributed by atoms with Gasteiger partial charge in [0.1, 0.15) is 17.7 Å². The summed E-state index contributed by atoms with van der Waals surface area (Å²) in [5, 5.41) is 10.1. The molecule has 0 aliphatic heterocycles. The number of amides is 4. The van der Waals surface area contributed by atoms with Crippen LogP contribution in [0.1, 0.15) is 156 Å². The molecule has 3 aromatic rings. The Labute approximate surface area is 420 Å². The van der Waals surface area contributed by atoms with Crippen molar-refractivity contribution in [1.29, 1.82) is 0 Å². The fraction of sp³-hybridized carbons (Fsp3) is 0.542. The summed E-state index contributed by atoms with van der Waals surface area (Å²) in [6.07, 6.45) is 0.155. The normalized spacial score (nSPS) is 12.3. The molecule has 1 aromatic heterocycles. The van der Waals surface area contributed by atoms with E-state index in [1.165, 1.54) is 0 Å². The smallest absolute Gasteiger partial charge is 0.387 e. The molecule has 1 unspecified atom stereocenters. The van der Waals surface area contributed by atoms with Crippen LogP contribution in [-0.4, -0.2) is 70.0 Å². The zero-order valence-electron chi connectivity index (χ0n) is 40.7. The number of hydrogen-bond donors (Lipinski definition) is 7.